The quantitative estimate of drug-likeness (QED) is 0.364. The van der Waals surface area contributed by atoms with E-state index in [4.69, 9.17) is 23.2 Å². The Balaban J connectivity index is 1.52. The summed E-state index contributed by atoms with van der Waals surface area (Å²) in [4.78, 5) is 0. The first-order valence-electron chi connectivity index (χ1n) is 9.27. The van der Waals surface area contributed by atoms with Crippen LogP contribution >= 0.6 is 35.0 Å². The Morgan fingerprint density at radius 3 is 1.93 bits per heavy atom. The molecule has 28 heavy (non-hydrogen) atoms. The zero-order chi connectivity index (χ0) is 19.6. The van der Waals surface area contributed by atoms with Gasteiger partial charge < -0.3 is 5.32 Å². The van der Waals surface area contributed by atoms with Crippen LogP contribution in [0.2, 0.25) is 10.0 Å². The van der Waals surface area contributed by atoms with Crippen molar-refractivity contribution in [2.45, 2.75) is 5.25 Å². The molecule has 1 nitrogen and oxygen atoms in total. The standard InChI is InChI=1S/C24H23Cl2NS/c25-22-12-8-20(9-13-22)24(21-10-14-23(26)15-11-21)28-18-17-27-16-4-7-19-5-2-1-3-6-19/h1-15,24,27H,16-18H2/b7-4+. The smallest absolute Gasteiger partial charge is 0.0547 e. The highest BCUT2D eigenvalue weighted by Gasteiger charge is 2.14. The van der Waals surface area contributed by atoms with Gasteiger partial charge in [0.25, 0.3) is 0 Å². The third-order valence-corrected chi connectivity index (χ3v) is 6.10. The van der Waals surface area contributed by atoms with Crippen molar-refractivity contribution in [2.24, 2.45) is 0 Å². The van der Waals surface area contributed by atoms with Crippen LogP contribution in [0.3, 0.4) is 0 Å². The molecular formula is C24H23Cl2NS. The summed E-state index contributed by atoms with van der Waals surface area (Å²) in [6, 6.07) is 26.6. The molecule has 0 saturated heterocycles. The molecule has 0 spiro atoms. The average Bonchev–Trinajstić information content (AvgIpc) is 2.73. The molecule has 0 unspecified atom stereocenters. The molecule has 3 aromatic rings. The summed E-state index contributed by atoms with van der Waals surface area (Å²) in [5.74, 6) is 1.01. The molecular weight excluding hydrogens is 405 g/mol. The van der Waals surface area contributed by atoms with E-state index >= 15 is 0 Å². The largest absolute Gasteiger partial charge is 0.312 e. The molecule has 3 rings (SSSR count). The monoisotopic (exact) mass is 427 g/mol. The van der Waals surface area contributed by atoms with Gasteiger partial charge in [-0.25, -0.2) is 0 Å². The number of benzene rings is 3. The second-order valence-corrected chi connectivity index (χ2v) is 8.46. The first-order chi connectivity index (χ1) is 13.7. The van der Waals surface area contributed by atoms with Crippen LogP contribution < -0.4 is 5.32 Å². The van der Waals surface area contributed by atoms with Gasteiger partial charge in [0.15, 0.2) is 0 Å². The third-order valence-electron chi connectivity index (χ3n) is 4.28. The highest BCUT2D eigenvalue weighted by Crippen LogP contribution is 2.36. The van der Waals surface area contributed by atoms with Gasteiger partial charge in [-0.15, -0.1) is 11.8 Å². The predicted molar refractivity (Wildman–Crippen MR) is 126 cm³/mol. The van der Waals surface area contributed by atoms with Crippen LogP contribution in [-0.4, -0.2) is 18.8 Å². The molecule has 0 aliphatic heterocycles. The molecule has 4 heteroatoms. The summed E-state index contributed by atoms with van der Waals surface area (Å²) in [5.41, 5.74) is 3.73. The zero-order valence-electron chi connectivity index (χ0n) is 15.5. The Bertz CT molecular complexity index is 816. The van der Waals surface area contributed by atoms with E-state index in [9.17, 15) is 0 Å². The third kappa shape index (κ3) is 6.72. The van der Waals surface area contributed by atoms with E-state index < -0.39 is 0 Å². The van der Waals surface area contributed by atoms with E-state index in [2.05, 4.69) is 66.0 Å². The summed E-state index contributed by atoms with van der Waals surface area (Å²) < 4.78 is 0. The summed E-state index contributed by atoms with van der Waals surface area (Å²) in [5, 5.41) is 5.26. The van der Waals surface area contributed by atoms with Crippen molar-refractivity contribution >= 4 is 41.0 Å². The van der Waals surface area contributed by atoms with Crippen molar-refractivity contribution in [1.29, 1.82) is 0 Å². The van der Waals surface area contributed by atoms with Gasteiger partial charge in [-0.2, -0.15) is 0 Å². The Morgan fingerprint density at radius 2 is 1.36 bits per heavy atom. The van der Waals surface area contributed by atoms with Gasteiger partial charge >= 0.3 is 0 Å². The predicted octanol–water partition coefficient (Wildman–Crippen LogP) is 7.12. The summed E-state index contributed by atoms with van der Waals surface area (Å²) in [6.45, 7) is 1.81. The minimum atomic E-state index is 0.260. The fraction of sp³-hybridized carbons (Fsp3) is 0.167. The first-order valence-corrected chi connectivity index (χ1v) is 11.1. The molecule has 144 valence electrons. The number of hydrogen-bond acceptors (Lipinski definition) is 2. The van der Waals surface area contributed by atoms with Crippen LogP contribution in [-0.2, 0) is 0 Å². The number of thioether (sulfide) groups is 1. The minimum Gasteiger partial charge on any atom is -0.312 e. The Hall–Kier alpha value is -1.71. The molecule has 0 atom stereocenters. The lowest BCUT2D eigenvalue weighted by Crippen LogP contribution is -2.17. The minimum absolute atomic E-state index is 0.260. The van der Waals surface area contributed by atoms with E-state index in [-0.39, 0.29) is 5.25 Å². The SMILES string of the molecule is Clc1ccc(C(SCCNC/C=C/c2ccccc2)c2ccc(Cl)cc2)cc1. The van der Waals surface area contributed by atoms with Gasteiger partial charge in [0, 0.05) is 28.9 Å². The molecule has 0 aliphatic carbocycles. The molecule has 1 N–H and O–H groups in total. The molecule has 0 radical (unpaired) electrons. The fourth-order valence-electron chi connectivity index (χ4n) is 2.85. The van der Waals surface area contributed by atoms with Gasteiger partial charge in [-0.3, -0.25) is 0 Å². The molecule has 0 amide bonds. The lowest BCUT2D eigenvalue weighted by atomic mass is 10.0. The maximum Gasteiger partial charge on any atom is 0.0547 e. The highest BCUT2D eigenvalue weighted by atomic mass is 35.5. The molecule has 0 aliphatic rings. The maximum atomic E-state index is 6.06. The lowest BCUT2D eigenvalue weighted by Gasteiger charge is -2.18. The van der Waals surface area contributed by atoms with Crippen molar-refractivity contribution in [1.82, 2.24) is 5.32 Å². The first kappa shape index (κ1) is 21.0. The second-order valence-electron chi connectivity index (χ2n) is 6.37. The Labute approximate surface area is 181 Å². The average molecular weight is 428 g/mol. The fourth-order valence-corrected chi connectivity index (χ4v) is 4.30. The Morgan fingerprint density at radius 1 is 0.786 bits per heavy atom. The molecule has 0 aromatic heterocycles. The van der Waals surface area contributed by atoms with E-state index in [0.717, 1.165) is 28.9 Å². The van der Waals surface area contributed by atoms with Gasteiger partial charge in [0.1, 0.15) is 0 Å². The summed E-state index contributed by atoms with van der Waals surface area (Å²) in [7, 11) is 0. The van der Waals surface area contributed by atoms with Crippen molar-refractivity contribution in [2.75, 3.05) is 18.8 Å². The number of nitrogens with one attached hydrogen (secondary N) is 1. The topological polar surface area (TPSA) is 12.0 Å². The number of halogens is 2. The molecule has 0 heterocycles. The molecule has 3 aromatic carbocycles. The lowest BCUT2D eigenvalue weighted by molar-refractivity contribution is 0.806. The van der Waals surface area contributed by atoms with Crippen LogP contribution in [0, 0.1) is 0 Å². The summed E-state index contributed by atoms with van der Waals surface area (Å²) in [6.07, 6.45) is 4.31. The number of rotatable bonds is 9. The molecule has 0 fully saturated rings. The van der Waals surface area contributed by atoms with Gasteiger partial charge in [-0.05, 0) is 41.0 Å². The molecule has 0 bridgehead atoms. The van der Waals surface area contributed by atoms with Gasteiger partial charge in [0.05, 0.1) is 5.25 Å². The van der Waals surface area contributed by atoms with Crippen molar-refractivity contribution < 1.29 is 0 Å². The van der Waals surface area contributed by atoms with Crippen molar-refractivity contribution in [3.63, 3.8) is 0 Å². The van der Waals surface area contributed by atoms with E-state index in [1.807, 2.05) is 42.1 Å². The summed E-state index contributed by atoms with van der Waals surface area (Å²) >= 11 is 14.0. The van der Waals surface area contributed by atoms with Crippen LogP contribution in [0.15, 0.2) is 84.9 Å². The van der Waals surface area contributed by atoms with E-state index in [1.54, 1.807) is 0 Å². The maximum absolute atomic E-state index is 6.06. The zero-order valence-corrected chi connectivity index (χ0v) is 17.9. The highest BCUT2D eigenvalue weighted by molar-refractivity contribution is 7.99. The van der Waals surface area contributed by atoms with Gasteiger partial charge in [0.2, 0.25) is 0 Å². The van der Waals surface area contributed by atoms with Gasteiger partial charge in [-0.1, -0.05) is 90.0 Å². The van der Waals surface area contributed by atoms with Crippen LogP contribution in [0.1, 0.15) is 21.9 Å². The Kier molecular flexibility index (Phi) is 8.50. The van der Waals surface area contributed by atoms with E-state index in [1.165, 1.54) is 16.7 Å². The van der Waals surface area contributed by atoms with Crippen LogP contribution in [0.5, 0.6) is 0 Å². The molecule has 0 saturated carbocycles. The van der Waals surface area contributed by atoms with E-state index in [0.29, 0.717) is 0 Å². The number of hydrogen-bond donors (Lipinski definition) is 1. The normalized spacial score (nSPS) is 11.4. The van der Waals surface area contributed by atoms with Crippen LogP contribution in [0.25, 0.3) is 6.08 Å². The van der Waals surface area contributed by atoms with Crippen LogP contribution in [0.4, 0.5) is 0 Å². The van der Waals surface area contributed by atoms with Crippen molar-refractivity contribution in [3.8, 4) is 0 Å². The van der Waals surface area contributed by atoms with Crippen molar-refractivity contribution in [3.05, 3.63) is 112 Å². The second kappa shape index (κ2) is 11.3.